The van der Waals surface area contributed by atoms with Gasteiger partial charge in [-0.2, -0.15) is 0 Å². The number of amides is 1. The number of halogens is 1. The number of nitrogens with one attached hydrogen (secondary N) is 1. The van der Waals surface area contributed by atoms with Crippen molar-refractivity contribution in [2.24, 2.45) is 0 Å². The molecule has 5 nitrogen and oxygen atoms in total. The minimum absolute atomic E-state index is 0.0371. The number of nitrogens with zero attached hydrogens (tertiary/aromatic N) is 1. The number of carbonyl (C=O) groups is 2. The molecule has 0 aromatic heterocycles. The first-order valence-electron chi connectivity index (χ1n) is 12.7. The second kappa shape index (κ2) is 8.38. The minimum atomic E-state index is -0.932. The Kier molecular flexibility index (Phi) is 5.38. The van der Waals surface area contributed by atoms with Gasteiger partial charge in [-0.25, -0.2) is 4.79 Å². The van der Waals surface area contributed by atoms with Crippen LogP contribution in [0.1, 0.15) is 72.0 Å². The summed E-state index contributed by atoms with van der Waals surface area (Å²) in [5, 5.41) is 13.4. The summed E-state index contributed by atoms with van der Waals surface area (Å²) in [7, 11) is 0. The molecule has 3 aromatic carbocycles. The number of hydrogen-bond donors (Lipinski definition) is 2. The minimum Gasteiger partial charge on any atom is -0.478 e. The van der Waals surface area contributed by atoms with Gasteiger partial charge >= 0.3 is 5.97 Å². The van der Waals surface area contributed by atoms with Crippen LogP contribution in [-0.4, -0.2) is 30.1 Å². The average Bonchev–Trinajstić information content (AvgIpc) is 3.25. The van der Waals surface area contributed by atoms with Crippen molar-refractivity contribution in [3.8, 4) is 11.1 Å². The van der Waals surface area contributed by atoms with Crippen molar-refractivity contribution in [2.45, 2.75) is 50.4 Å². The van der Waals surface area contributed by atoms with E-state index in [1.807, 2.05) is 32.0 Å². The van der Waals surface area contributed by atoms with Gasteiger partial charge in [0.1, 0.15) is 0 Å². The lowest BCUT2D eigenvalue weighted by molar-refractivity contribution is -0.118. The lowest BCUT2D eigenvalue weighted by atomic mass is 9.88. The highest BCUT2D eigenvalue weighted by Gasteiger charge is 2.65. The Morgan fingerprint density at radius 2 is 1.81 bits per heavy atom. The highest BCUT2D eigenvalue weighted by atomic mass is 35.5. The molecule has 0 bridgehead atoms. The number of anilines is 2. The second-order valence-corrected chi connectivity index (χ2v) is 11.0. The zero-order valence-corrected chi connectivity index (χ0v) is 21.2. The van der Waals surface area contributed by atoms with Crippen molar-refractivity contribution in [1.29, 1.82) is 0 Å². The fraction of sp³-hybridized carbons (Fsp3) is 0.333. The SMILES string of the molecule is CC(C)c1ccc(C2CC23C(=O)Nc2cc(Cl)c(-c4ccc(N5CCCC5)cc4)cc23)cc1C(=O)O. The Balaban J connectivity index is 1.36. The molecule has 2 atom stereocenters. The molecule has 184 valence electrons. The van der Waals surface area contributed by atoms with Crippen molar-refractivity contribution in [3.05, 3.63) is 81.9 Å². The number of benzene rings is 3. The van der Waals surface area contributed by atoms with E-state index in [-0.39, 0.29) is 17.7 Å². The Morgan fingerprint density at radius 3 is 2.47 bits per heavy atom. The predicted octanol–water partition coefficient (Wildman–Crippen LogP) is 6.81. The van der Waals surface area contributed by atoms with Gasteiger partial charge in [0, 0.05) is 35.9 Å². The van der Waals surface area contributed by atoms with Gasteiger partial charge in [-0.15, -0.1) is 0 Å². The number of rotatable bonds is 5. The van der Waals surface area contributed by atoms with Gasteiger partial charge in [0.05, 0.1) is 16.0 Å². The molecule has 0 radical (unpaired) electrons. The zero-order valence-electron chi connectivity index (χ0n) is 20.5. The van der Waals surface area contributed by atoms with Gasteiger partial charge < -0.3 is 15.3 Å². The van der Waals surface area contributed by atoms with Gasteiger partial charge in [0.25, 0.3) is 0 Å². The number of carboxylic acids is 1. The van der Waals surface area contributed by atoms with Gasteiger partial charge in [-0.05, 0) is 77.8 Å². The molecule has 36 heavy (non-hydrogen) atoms. The first-order chi connectivity index (χ1) is 17.3. The van der Waals surface area contributed by atoms with E-state index >= 15 is 0 Å². The topological polar surface area (TPSA) is 69.6 Å². The summed E-state index contributed by atoms with van der Waals surface area (Å²) in [5.41, 5.74) is 6.20. The molecule has 1 saturated carbocycles. The number of hydrogen-bond acceptors (Lipinski definition) is 3. The third-order valence-electron chi connectivity index (χ3n) is 8.18. The third-order valence-corrected chi connectivity index (χ3v) is 8.50. The molecule has 2 heterocycles. The highest BCUT2D eigenvalue weighted by molar-refractivity contribution is 6.34. The standard InChI is InChI=1S/C30H29ClN2O3/c1-17(2)21-10-7-19(13-23(21)28(34)35)25-16-30(25)24-14-22(26(31)15-27(24)32-29(30)36)18-5-8-20(9-6-18)33-11-3-4-12-33/h5-10,13-15,17,25H,3-4,11-12,16H2,1-2H3,(H,32,36)(H,34,35). The summed E-state index contributed by atoms with van der Waals surface area (Å²) in [6.45, 7) is 6.17. The van der Waals surface area contributed by atoms with E-state index in [9.17, 15) is 14.7 Å². The molecular formula is C30H29ClN2O3. The lowest BCUT2D eigenvalue weighted by Gasteiger charge is -2.18. The smallest absolute Gasteiger partial charge is 0.335 e. The van der Waals surface area contributed by atoms with Gasteiger partial charge in [0.2, 0.25) is 5.91 Å². The Morgan fingerprint density at radius 1 is 1.08 bits per heavy atom. The molecule has 6 rings (SSSR count). The maximum Gasteiger partial charge on any atom is 0.335 e. The van der Waals surface area contributed by atoms with E-state index in [0.29, 0.717) is 17.0 Å². The fourth-order valence-electron chi connectivity index (χ4n) is 6.14. The Bertz CT molecular complexity index is 1390. The van der Waals surface area contributed by atoms with Crippen LogP contribution in [0.3, 0.4) is 0 Å². The van der Waals surface area contributed by atoms with E-state index in [1.165, 1.54) is 18.5 Å². The highest BCUT2D eigenvalue weighted by Crippen LogP contribution is 2.65. The molecule has 3 aromatic rings. The van der Waals surface area contributed by atoms with Crippen LogP contribution in [0.5, 0.6) is 0 Å². The van der Waals surface area contributed by atoms with Crippen molar-refractivity contribution >= 4 is 34.9 Å². The third kappa shape index (κ3) is 3.52. The van der Waals surface area contributed by atoms with Gasteiger partial charge in [-0.3, -0.25) is 4.79 Å². The van der Waals surface area contributed by atoms with Crippen LogP contribution in [-0.2, 0) is 10.2 Å². The van der Waals surface area contributed by atoms with Gasteiger partial charge in [0.15, 0.2) is 0 Å². The molecule has 1 aliphatic carbocycles. The van der Waals surface area contributed by atoms with E-state index in [1.54, 1.807) is 6.07 Å². The van der Waals surface area contributed by atoms with E-state index in [4.69, 9.17) is 11.6 Å². The fourth-order valence-corrected chi connectivity index (χ4v) is 6.42. The maximum atomic E-state index is 13.3. The second-order valence-electron chi connectivity index (χ2n) is 10.6. The van der Waals surface area contributed by atoms with Crippen molar-refractivity contribution in [1.82, 2.24) is 0 Å². The molecule has 2 N–H and O–H groups in total. The van der Waals surface area contributed by atoms with Crippen LogP contribution < -0.4 is 10.2 Å². The number of carbonyl (C=O) groups excluding carboxylic acids is 1. The zero-order chi connectivity index (χ0) is 25.2. The molecule has 2 aliphatic heterocycles. The summed E-state index contributed by atoms with van der Waals surface area (Å²) in [4.78, 5) is 27.6. The van der Waals surface area contributed by atoms with Crippen LogP contribution in [0.2, 0.25) is 5.02 Å². The van der Waals surface area contributed by atoms with E-state index < -0.39 is 11.4 Å². The monoisotopic (exact) mass is 500 g/mol. The number of carboxylic acid groups (broad SMARTS) is 1. The van der Waals surface area contributed by atoms with Crippen molar-refractivity contribution in [3.63, 3.8) is 0 Å². The molecular weight excluding hydrogens is 472 g/mol. The summed E-state index contributed by atoms with van der Waals surface area (Å²) in [5.74, 6) is -0.928. The first-order valence-corrected chi connectivity index (χ1v) is 13.1. The summed E-state index contributed by atoms with van der Waals surface area (Å²) in [6, 6.07) is 18.1. The first kappa shape index (κ1) is 23.1. The van der Waals surface area contributed by atoms with E-state index in [0.717, 1.165) is 46.6 Å². The van der Waals surface area contributed by atoms with Gasteiger partial charge in [-0.1, -0.05) is 49.7 Å². The van der Waals surface area contributed by atoms with E-state index in [2.05, 4.69) is 40.5 Å². The molecule has 1 spiro atoms. The van der Waals surface area contributed by atoms with Crippen molar-refractivity contribution in [2.75, 3.05) is 23.3 Å². The van der Waals surface area contributed by atoms with Crippen LogP contribution in [0, 0.1) is 0 Å². The van der Waals surface area contributed by atoms with Crippen LogP contribution in [0.4, 0.5) is 11.4 Å². The predicted molar refractivity (Wildman–Crippen MR) is 143 cm³/mol. The number of fused-ring (bicyclic) bond motifs is 2. The summed E-state index contributed by atoms with van der Waals surface area (Å²) >= 11 is 6.70. The van der Waals surface area contributed by atoms with Crippen LogP contribution >= 0.6 is 11.6 Å². The molecule has 6 heteroatoms. The Hall–Kier alpha value is -3.31. The molecule has 1 amide bonds. The maximum absolute atomic E-state index is 13.3. The molecule has 3 aliphatic rings. The summed E-state index contributed by atoms with van der Waals surface area (Å²) in [6.07, 6.45) is 3.12. The molecule has 2 fully saturated rings. The van der Waals surface area contributed by atoms with Crippen LogP contribution in [0.15, 0.2) is 54.6 Å². The Labute approximate surface area is 216 Å². The average molecular weight is 501 g/mol. The number of aromatic carboxylic acids is 1. The van der Waals surface area contributed by atoms with Crippen LogP contribution in [0.25, 0.3) is 11.1 Å². The quantitative estimate of drug-likeness (QED) is 0.404. The largest absolute Gasteiger partial charge is 0.478 e. The van der Waals surface area contributed by atoms with Crippen molar-refractivity contribution < 1.29 is 14.7 Å². The molecule has 2 unspecified atom stereocenters. The normalized spacial score (nSPS) is 22.3. The lowest BCUT2D eigenvalue weighted by Crippen LogP contribution is -2.21. The summed E-state index contributed by atoms with van der Waals surface area (Å²) < 4.78 is 0. The molecule has 1 saturated heterocycles.